The number of carbonyl (C=O) groups is 1. The van der Waals surface area contributed by atoms with Crippen molar-refractivity contribution in [1.82, 2.24) is 10.0 Å². The van der Waals surface area contributed by atoms with Crippen LogP contribution in [0.3, 0.4) is 0 Å². The van der Waals surface area contributed by atoms with E-state index in [2.05, 4.69) is 31.3 Å². The minimum atomic E-state index is -3.56. The Morgan fingerprint density at radius 1 is 1.03 bits per heavy atom. The number of rotatable bonds is 10. The number of nitrogens with one attached hydrogen (secondary N) is 3. The zero-order valence-corrected chi connectivity index (χ0v) is 22.3. The molecule has 0 radical (unpaired) electrons. The molecule has 0 bridgehead atoms. The van der Waals surface area contributed by atoms with Gasteiger partial charge in [-0.25, -0.2) is 13.1 Å². The molecule has 0 aromatic heterocycles. The number of thiocarbonyl (C=S) groups is 1. The third kappa shape index (κ3) is 8.14. The van der Waals surface area contributed by atoms with E-state index in [1.807, 2.05) is 37.3 Å². The smallest absolute Gasteiger partial charge is 0.261 e. The standard InChI is InChI=1S/C25H26BrN3O4S2/c1-2-15-27-35(31,32)21-11-9-20(10-12-21)28-25(34)29-24(30)22-17-19(26)8-13-23(22)33-16-14-18-6-4-3-5-7-18/h3-13,17,27H,2,14-16H2,1H3,(H2,28,29,30,34). The van der Waals surface area contributed by atoms with E-state index in [0.717, 1.165) is 10.0 Å². The molecule has 184 valence electrons. The van der Waals surface area contributed by atoms with Gasteiger partial charge in [0.1, 0.15) is 5.75 Å². The van der Waals surface area contributed by atoms with Crippen molar-refractivity contribution in [2.45, 2.75) is 24.7 Å². The first-order chi connectivity index (χ1) is 16.8. The van der Waals surface area contributed by atoms with E-state index >= 15 is 0 Å². The maximum absolute atomic E-state index is 12.9. The summed E-state index contributed by atoms with van der Waals surface area (Å²) in [6.45, 7) is 2.67. The minimum absolute atomic E-state index is 0.0740. The van der Waals surface area contributed by atoms with Gasteiger partial charge in [-0.1, -0.05) is 53.2 Å². The maximum Gasteiger partial charge on any atom is 0.261 e. The Morgan fingerprint density at radius 2 is 1.74 bits per heavy atom. The average Bonchev–Trinajstić information content (AvgIpc) is 2.84. The van der Waals surface area contributed by atoms with Crippen molar-refractivity contribution in [3.05, 3.63) is 88.4 Å². The van der Waals surface area contributed by atoms with Gasteiger partial charge in [0.15, 0.2) is 5.11 Å². The van der Waals surface area contributed by atoms with E-state index in [0.29, 0.717) is 43.0 Å². The number of hydrogen-bond donors (Lipinski definition) is 3. The molecule has 0 saturated carbocycles. The van der Waals surface area contributed by atoms with Crippen LogP contribution in [-0.2, 0) is 16.4 Å². The molecule has 0 heterocycles. The molecule has 0 atom stereocenters. The number of carbonyl (C=O) groups excluding carboxylic acids is 1. The fourth-order valence-corrected chi connectivity index (χ4v) is 4.80. The highest BCUT2D eigenvalue weighted by Crippen LogP contribution is 2.24. The molecular weight excluding hydrogens is 550 g/mol. The van der Waals surface area contributed by atoms with Crippen molar-refractivity contribution in [3.63, 3.8) is 0 Å². The largest absolute Gasteiger partial charge is 0.492 e. The van der Waals surface area contributed by atoms with Gasteiger partial charge in [0.2, 0.25) is 10.0 Å². The van der Waals surface area contributed by atoms with E-state index in [1.54, 1.807) is 30.3 Å². The number of anilines is 1. The van der Waals surface area contributed by atoms with Crippen molar-refractivity contribution in [3.8, 4) is 5.75 Å². The van der Waals surface area contributed by atoms with Crippen LogP contribution in [0.1, 0.15) is 29.3 Å². The van der Waals surface area contributed by atoms with Gasteiger partial charge in [0.05, 0.1) is 17.1 Å². The van der Waals surface area contributed by atoms with Gasteiger partial charge in [-0.3, -0.25) is 10.1 Å². The summed E-state index contributed by atoms with van der Waals surface area (Å²) in [5, 5.41) is 5.61. The minimum Gasteiger partial charge on any atom is -0.492 e. The molecule has 3 rings (SSSR count). The van der Waals surface area contributed by atoms with Crippen LogP contribution in [0.5, 0.6) is 5.75 Å². The first-order valence-corrected chi connectivity index (χ1v) is 13.7. The normalized spacial score (nSPS) is 11.0. The molecule has 0 aliphatic heterocycles. The molecule has 0 unspecified atom stereocenters. The fourth-order valence-electron chi connectivity index (χ4n) is 3.10. The predicted molar refractivity (Wildman–Crippen MR) is 145 cm³/mol. The van der Waals surface area contributed by atoms with Gasteiger partial charge in [-0.2, -0.15) is 0 Å². The number of amides is 1. The van der Waals surface area contributed by atoms with E-state index in [4.69, 9.17) is 17.0 Å². The highest BCUT2D eigenvalue weighted by atomic mass is 79.9. The van der Waals surface area contributed by atoms with Gasteiger partial charge >= 0.3 is 0 Å². The highest BCUT2D eigenvalue weighted by molar-refractivity contribution is 9.10. The molecule has 0 aliphatic rings. The van der Waals surface area contributed by atoms with Crippen LogP contribution in [0.4, 0.5) is 5.69 Å². The SMILES string of the molecule is CCCNS(=O)(=O)c1ccc(NC(=S)NC(=O)c2cc(Br)ccc2OCCc2ccccc2)cc1. The highest BCUT2D eigenvalue weighted by Gasteiger charge is 2.16. The van der Waals surface area contributed by atoms with Gasteiger partial charge in [-0.05, 0) is 66.7 Å². The molecule has 35 heavy (non-hydrogen) atoms. The molecule has 10 heteroatoms. The summed E-state index contributed by atoms with van der Waals surface area (Å²) in [5.41, 5.74) is 2.01. The van der Waals surface area contributed by atoms with Crippen LogP contribution in [0.15, 0.2) is 82.2 Å². The molecule has 3 aromatic rings. The Morgan fingerprint density at radius 3 is 2.43 bits per heavy atom. The monoisotopic (exact) mass is 575 g/mol. The van der Waals surface area contributed by atoms with Crippen LogP contribution < -0.4 is 20.1 Å². The topological polar surface area (TPSA) is 96.5 Å². The Kier molecular flexibility index (Phi) is 9.79. The lowest BCUT2D eigenvalue weighted by Gasteiger charge is -2.14. The van der Waals surface area contributed by atoms with Crippen molar-refractivity contribution < 1.29 is 17.9 Å². The second-order valence-corrected chi connectivity index (χ2v) is 10.6. The average molecular weight is 577 g/mol. The summed E-state index contributed by atoms with van der Waals surface area (Å²) < 4.78 is 33.5. The third-order valence-electron chi connectivity index (χ3n) is 4.87. The number of benzene rings is 3. The Balaban J connectivity index is 1.61. The second kappa shape index (κ2) is 12.8. The van der Waals surface area contributed by atoms with E-state index in [1.165, 1.54) is 12.1 Å². The lowest BCUT2D eigenvalue weighted by Crippen LogP contribution is -2.34. The third-order valence-corrected chi connectivity index (χ3v) is 7.04. The second-order valence-electron chi connectivity index (χ2n) is 7.55. The molecule has 0 saturated heterocycles. The van der Waals surface area contributed by atoms with Crippen molar-refractivity contribution in [1.29, 1.82) is 0 Å². The summed E-state index contributed by atoms with van der Waals surface area (Å²) >= 11 is 8.67. The fraction of sp³-hybridized carbons (Fsp3) is 0.200. The zero-order valence-electron chi connectivity index (χ0n) is 19.1. The molecule has 7 nitrogen and oxygen atoms in total. The summed E-state index contributed by atoms with van der Waals surface area (Å²) in [5.74, 6) is 0.0139. The summed E-state index contributed by atoms with van der Waals surface area (Å²) in [6.07, 6.45) is 1.40. The molecule has 0 fully saturated rings. The Hall–Kier alpha value is -2.79. The first-order valence-electron chi connectivity index (χ1n) is 11.0. The number of sulfonamides is 1. The van der Waals surface area contributed by atoms with Gasteiger partial charge < -0.3 is 10.1 Å². The molecule has 3 aromatic carbocycles. The molecule has 1 amide bonds. The molecular formula is C25H26BrN3O4S2. The number of ether oxygens (including phenoxy) is 1. The van der Waals surface area contributed by atoms with E-state index in [-0.39, 0.29) is 10.0 Å². The van der Waals surface area contributed by atoms with Crippen LogP contribution in [0, 0.1) is 0 Å². The quantitative estimate of drug-likeness (QED) is 0.298. The van der Waals surface area contributed by atoms with Crippen LogP contribution in [0.25, 0.3) is 0 Å². The van der Waals surface area contributed by atoms with E-state index < -0.39 is 15.9 Å². The van der Waals surface area contributed by atoms with Crippen molar-refractivity contribution in [2.24, 2.45) is 0 Å². The molecule has 0 aliphatic carbocycles. The van der Waals surface area contributed by atoms with Crippen LogP contribution >= 0.6 is 28.1 Å². The lowest BCUT2D eigenvalue weighted by molar-refractivity contribution is 0.0973. The van der Waals surface area contributed by atoms with Crippen molar-refractivity contribution >= 4 is 54.9 Å². The van der Waals surface area contributed by atoms with Crippen LogP contribution in [0.2, 0.25) is 0 Å². The summed E-state index contributed by atoms with van der Waals surface area (Å²) in [7, 11) is -3.56. The molecule has 3 N–H and O–H groups in total. The van der Waals surface area contributed by atoms with Crippen LogP contribution in [-0.4, -0.2) is 32.6 Å². The Labute approximate surface area is 219 Å². The predicted octanol–water partition coefficient (Wildman–Crippen LogP) is 4.89. The molecule has 0 spiro atoms. The summed E-state index contributed by atoms with van der Waals surface area (Å²) in [6, 6.07) is 21.2. The lowest BCUT2D eigenvalue weighted by atomic mass is 10.1. The van der Waals surface area contributed by atoms with E-state index in [9.17, 15) is 13.2 Å². The zero-order chi connectivity index (χ0) is 25.3. The van der Waals surface area contributed by atoms with Gasteiger partial charge in [-0.15, -0.1) is 0 Å². The van der Waals surface area contributed by atoms with Crippen molar-refractivity contribution in [2.75, 3.05) is 18.5 Å². The van der Waals surface area contributed by atoms with Gasteiger partial charge in [0.25, 0.3) is 5.91 Å². The summed E-state index contributed by atoms with van der Waals surface area (Å²) in [4.78, 5) is 13.1. The first kappa shape index (κ1) is 26.8. The number of hydrogen-bond acceptors (Lipinski definition) is 5. The Bertz CT molecular complexity index is 1270. The maximum atomic E-state index is 12.9. The number of halogens is 1. The van der Waals surface area contributed by atoms with Gasteiger partial charge in [0, 0.05) is 23.1 Å².